The SMILES string of the molecule is Cc1cccc(S(=O)(=O)CCl)c1. The Labute approximate surface area is 77.1 Å². The van der Waals surface area contributed by atoms with Crippen LogP contribution in [0, 0.1) is 6.92 Å². The molecule has 0 aliphatic heterocycles. The van der Waals surface area contributed by atoms with Crippen LogP contribution in [0.1, 0.15) is 5.56 Å². The van der Waals surface area contributed by atoms with Crippen molar-refractivity contribution in [1.82, 2.24) is 0 Å². The van der Waals surface area contributed by atoms with Gasteiger partial charge in [0.05, 0.1) is 4.90 Å². The van der Waals surface area contributed by atoms with Crippen LogP contribution < -0.4 is 0 Å². The fourth-order valence-electron chi connectivity index (χ4n) is 0.872. The van der Waals surface area contributed by atoms with Crippen LogP contribution in [0.3, 0.4) is 0 Å². The Bertz CT molecular complexity index is 370. The van der Waals surface area contributed by atoms with E-state index in [1.54, 1.807) is 18.2 Å². The second kappa shape index (κ2) is 3.46. The maximum atomic E-state index is 11.2. The Morgan fingerprint density at radius 3 is 2.58 bits per heavy atom. The highest BCUT2D eigenvalue weighted by Gasteiger charge is 2.11. The smallest absolute Gasteiger partial charge is 0.192 e. The van der Waals surface area contributed by atoms with E-state index in [0.29, 0.717) is 0 Å². The molecule has 0 saturated carbocycles. The van der Waals surface area contributed by atoms with Gasteiger partial charge in [-0.3, -0.25) is 0 Å². The highest BCUT2D eigenvalue weighted by atomic mass is 35.5. The van der Waals surface area contributed by atoms with Gasteiger partial charge in [0.15, 0.2) is 9.84 Å². The van der Waals surface area contributed by atoms with Gasteiger partial charge < -0.3 is 0 Å². The van der Waals surface area contributed by atoms with E-state index in [1.807, 2.05) is 13.0 Å². The molecular weight excluding hydrogens is 196 g/mol. The molecule has 1 aromatic rings. The summed E-state index contributed by atoms with van der Waals surface area (Å²) in [5, 5.41) is -0.365. The molecule has 0 fully saturated rings. The zero-order valence-corrected chi connectivity index (χ0v) is 8.19. The molecule has 0 aliphatic rings. The highest BCUT2D eigenvalue weighted by molar-refractivity contribution is 7.92. The lowest BCUT2D eigenvalue weighted by Gasteiger charge is -2.00. The minimum Gasteiger partial charge on any atom is -0.222 e. The lowest BCUT2D eigenvalue weighted by molar-refractivity contribution is 0.600. The number of hydrogen-bond acceptors (Lipinski definition) is 2. The Hall–Kier alpha value is -0.540. The minimum absolute atomic E-state index is 0.289. The van der Waals surface area contributed by atoms with Gasteiger partial charge in [-0.25, -0.2) is 8.42 Å². The van der Waals surface area contributed by atoms with Crippen LogP contribution >= 0.6 is 11.6 Å². The molecule has 1 aromatic carbocycles. The van der Waals surface area contributed by atoms with Crippen molar-refractivity contribution >= 4 is 21.4 Å². The number of sulfone groups is 1. The van der Waals surface area contributed by atoms with E-state index in [1.165, 1.54) is 0 Å². The monoisotopic (exact) mass is 204 g/mol. The van der Waals surface area contributed by atoms with Crippen LogP contribution in [0.2, 0.25) is 0 Å². The van der Waals surface area contributed by atoms with Crippen molar-refractivity contribution in [2.75, 3.05) is 5.21 Å². The average molecular weight is 205 g/mol. The van der Waals surface area contributed by atoms with Crippen LogP contribution in [-0.4, -0.2) is 13.6 Å². The highest BCUT2D eigenvalue weighted by Crippen LogP contribution is 2.13. The first kappa shape index (κ1) is 9.55. The summed E-state index contributed by atoms with van der Waals surface area (Å²) in [6.45, 7) is 1.84. The first-order valence-corrected chi connectivity index (χ1v) is 5.60. The predicted octanol–water partition coefficient (Wildman–Crippen LogP) is 1.97. The largest absolute Gasteiger partial charge is 0.222 e. The summed E-state index contributed by atoms with van der Waals surface area (Å²) in [6.07, 6.45) is 0. The van der Waals surface area contributed by atoms with E-state index >= 15 is 0 Å². The van der Waals surface area contributed by atoms with Crippen molar-refractivity contribution in [3.63, 3.8) is 0 Å². The van der Waals surface area contributed by atoms with Gasteiger partial charge in [0, 0.05) is 0 Å². The normalized spacial score (nSPS) is 11.5. The maximum Gasteiger partial charge on any atom is 0.192 e. The van der Waals surface area contributed by atoms with E-state index in [0.717, 1.165) is 5.56 Å². The molecule has 1 rings (SSSR count). The van der Waals surface area contributed by atoms with Gasteiger partial charge in [-0.05, 0) is 24.6 Å². The summed E-state index contributed by atoms with van der Waals surface area (Å²) in [4.78, 5) is 0.289. The molecule has 66 valence electrons. The van der Waals surface area contributed by atoms with Gasteiger partial charge >= 0.3 is 0 Å². The van der Waals surface area contributed by atoms with Crippen molar-refractivity contribution in [2.24, 2.45) is 0 Å². The van der Waals surface area contributed by atoms with Gasteiger partial charge in [-0.15, -0.1) is 11.6 Å². The van der Waals surface area contributed by atoms with Crippen molar-refractivity contribution in [3.8, 4) is 0 Å². The lowest BCUT2D eigenvalue weighted by atomic mass is 10.2. The van der Waals surface area contributed by atoms with Gasteiger partial charge in [0.2, 0.25) is 0 Å². The van der Waals surface area contributed by atoms with Crippen LogP contribution in [-0.2, 0) is 9.84 Å². The van der Waals surface area contributed by atoms with E-state index < -0.39 is 9.84 Å². The predicted molar refractivity (Wildman–Crippen MR) is 49.1 cm³/mol. The summed E-state index contributed by atoms with van der Waals surface area (Å²) in [5.74, 6) is 0. The number of hydrogen-bond donors (Lipinski definition) is 0. The minimum atomic E-state index is -3.26. The van der Waals surface area contributed by atoms with Gasteiger partial charge in [0.25, 0.3) is 0 Å². The van der Waals surface area contributed by atoms with Crippen molar-refractivity contribution in [1.29, 1.82) is 0 Å². The first-order valence-electron chi connectivity index (χ1n) is 3.41. The molecule has 2 nitrogen and oxygen atoms in total. The zero-order valence-electron chi connectivity index (χ0n) is 6.62. The fraction of sp³-hybridized carbons (Fsp3) is 0.250. The van der Waals surface area contributed by atoms with E-state index in [2.05, 4.69) is 0 Å². The third-order valence-electron chi connectivity index (χ3n) is 1.49. The maximum absolute atomic E-state index is 11.2. The molecule has 0 spiro atoms. The Morgan fingerprint density at radius 2 is 2.08 bits per heavy atom. The second-order valence-corrected chi connectivity index (χ2v) is 5.11. The lowest BCUT2D eigenvalue weighted by Crippen LogP contribution is -2.01. The summed E-state index contributed by atoms with van der Waals surface area (Å²) in [5.41, 5.74) is 0.918. The van der Waals surface area contributed by atoms with Gasteiger partial charge in [-0.2, -0.15) is 0 Å². The molecule has 0 saturated heterocycles. The van der Waals surface area contributed by atoms with Gasteiger partial charge in [0.1, 0.15) is 5.21 Å². The Morgan fingerprint density at radius 1 is 1.42 bits per heavy atom. The number of benzene rings is 1. The van der Waals surface area contributed by atoms with Crippen molar-refractivity contribution in [2.45, 2.75) is 11.8 Å². The molecule has 4 heteroatoms. The quantitative estimate of drug-likeness (QED) is 0.691. The molecule has 0 unspecified atom stereocenters. The molecule has 0 aliphatic carbocycles. The molecule has 0 N–H and O–H groups in total. The Kier molecular flexibility index (Phi) is 2.75. The van der Waals surface area contributed by atoms with Crippen LogP contribution in [0.5, 0.6) is 0 Å². The topological polar surface area (TPSA) is 34.1 Å². The van der Waals surface area contributed by atoms with Crippen molar-refractivity contribution in [3.05, 3.63) is 29.8 Å². The molecule has 12 heavy (non-hydrogen) atoms. The average Bonchev–Trinajstić information content (AvgIpc) is 2.05. The van der Waals surface area contributed by atoms with E-state index in [9.17, 15) is 8.42 Å². The summed E-state index contributed by atoms with van der Waals surface area (Å²) in [6, 6.07) is 6.70. The molecule has 0 bridgehead atoms. The number of alkyl halides is 1. The summed E-state index contributed by atoms with van der Waals surface area (Å²) >= 11 is 5.29. The summed E-state index contributed by atoms with van der Waals surface area (Å²) < 4.78 is 22.4. The number of aryl methyl sites for hydroxylation is 1. The molecule has 0 radical (unpaired) electrons. The third-order valence-corrected chi connectivity index (χ3v) is 3.61. The molecule has 0 amide bonds. The standard InChI is InChI=1S/C8H9ClO2S/c1-7-3-2-4-8(5-7)12(10,11)6-9/h2-5H,6H2,1H3. The molecule has 0 atom stereocenters. The van der Waals surface area contributed by atoms with Gasteiger partial charge in [-0.1, -0.05) is 12.1 Å². The second-order valence-electron chi connectivity index (χ2n) is 2.54. The third kappa shape index (κ3) is 1.99. The zero-order chi connectivity index (χ0) is 9.19. The van der Waals surface area contributed by atoms with Crippen molar-refractivity contribution < 1.29 is 8.42 Å². The number of halogens is 1. The van der Waals surface area contributed by atoms with E-state index in [-0.39, 0.29) is 10.1 Å². The molecule has 0 aromatic heterocycles. The van der Waals surface area contributed by atoms with E-state index in [4.69, 9.17) is 11.6 Å². The fourth-order valence-corrected chi connectivity index (χ4v) is 2.03. The van der Waals surface area contributed by atoms with Crippen LogP contribution in [0.4, 0.5) is 0 Å². The van der Waals surface area contributed by atoms with Crippen LogP contribution in [0.15, 0.2) is 29.2 Å². The van der Waals surface area contributed by atoms with Crippen LogP contribution in [0.25, 0.3) is 0 Å². The summed E-state index contributed by atoms with van der Waals surface area (Å²) in [7, 11) is -3.26. The molecule has 0 heterocycles. The number of rotatable bonds is 2. The molecular formula is C8H9ClO2S. The Balaban J connectivity index is 3.21. The first-order chi connectivity index (χ1) is 5.56.